The monoisotopic (exact) mass is 478 g/mol. The summed E-state index contributed by atoms with van der Waals surface area (Å²) in [5.41, 5.74) is 3.15. The van der Waals surface area contributed by atoms with Gasteiger partial charge in [0.1, 0.15) is 5.82 Å². The van der Waals surface area contributed by atoms with Crippen LogP contribution < -0.4 is 9.80 Å². The van der Waals surface area contributed by atoms with Gasteiger partial charge in [-0.15, -0.1) is 0 Å². The van der Waals surface area contributed by atoms with Crippen LogP contribution in [-0.4, -0.2) is 50.3 Å². The van der Waals surface area contributed by atoms with Crippen molar-refractivity contribution in [3.8, 4) is 0 Å². The molecule has 34 heavy (non-hydrogen) atoms. The van der Waals surface area contributed by atoms with Crippen molar-refractivity contribution in [2.24, 2.45) is 0 Å². The van der Waals surface area contributed by atoms with E-state index in [0.29, 0.717) is 25.2 Å². The Kier molecular flexibility index (Phi) is 7.00. The lowest BCUT2D eigenvalue weighted by Gasteiger charge is -2.30. The number of anilines is 3. The summed E-state index contributed by atoms with van der Waals surface area (Å²) in [6, 6.07) is 18.6. The highest BCUT2D eigenvalue weighted by atomic mass is 32.2. The van der Waals surface area contributed by atoms with Gasteiger partial charge in [-0.05, 0) is 60.9 Å². The van der Waals surface area contributed by atoms with Crippen LogP contribution in [0.2, 0.25) is 0 Å². The van der Waals surface area contributed by atoms with Gasteiger partial charge in [-0.3, -0.25) is 4.79 Å². The van der Waals surface area contributed by atoms with Gasteiger partial charge in [-0.25, -0.2) is 13.4 Å². The van der Waals surface area contributed by atoms with E-state index in [4.69, 9.17) is 0 Å². The second kappa shape index (κ2) is 9.95. The number of rotatable bonds is 7. The van der Waals surface area contributed by atoms with Crippen molar-refractivity contribution < 1.29 is 13.2 Å². The maximum absolute atomic E-state index is 13.3. The second-order valence-corrected chi connectivity index (χ2v) is 10.2. The van der Waals surface area contributed by atoms with Crippen molar-refractivity contribution in [3.63, 3.8) is 0 Å². The van der Waals surface area contributed by atoms with Crippen LogP contribution in [0.1, 0.15) is 36.2 Å². The number of sulfonamides is 1. The number of benzene rings is 2. The molecule has 0 saturated heterocycles. The molecule has 0 atom stereocenters. The summed E-state index contributed by atoms with van der Waals surface area (Å²) < 4.78 is 27.3. The molecule has 0 spiro atoms. The number of para-hydroxylation sites is 1. The molecule has 1 aliphatic rings. The summed E-state index contributed by atoms with van der Waals surface area (Å²) in [6.45, 7) is 5.08. The van der Waals surface area contributed by atoms with Gasteiger partial charge in [0.2, 0.25) is 10.0 Å². The molecule has 2 aromatic carbocycles. The Morgan fingerprint density at radius 3 is 2.41 bits per heavy atom. The molecule has 0 aliphatic carbocycles. The summed E-state index contributed by atoms with van der Waals surface area (Å²) in [4.78, 5) is 21.8. The summed E-state index contributed by atoms with van der Waals surface area (Å²) in [7, 11) is -1.61. The number of hydrogen-bond acceptors (Lipinski definition) is 5. The van der Waals surface area contributed by atoms with E-state index in [1.54, 1.807) is 35.4 Å². The normalized spacial score (nSPS) is 13.6. The van der Waals surface area contributed by atoms with Gasteiger partial charge in [0.05, 0.1) is 10.5 Å². The van der Waals surface area contributed by atoms with E-state index in [1.807, 2.05) is 62.2 Å². The fourth-order valence-corrected chi connectivity index (χ4v) is 5.82. The molecule has 0 N–H and O–H groups in total. The molecule has 0 radical (unpaired) electrons. The number of amides is 1. The highest BCUT2D eigenvalue weighted by Gasteiger charge is 2.27. The molecule has 178 valence electrons. The molecule has 8 heteroatoms. The topological polar surface area (TPSA) is 73.8 Å². The van der Waals surface area contributed by atoms with Crippen LogP contribution in [-0.2, 0) is 16.4 Å². The maximum atomic E-state index is 13.3. The van der Waals surface area contributed by atoms with Gasteiger partial charge in [0, 0.05) is 44.3 Å². The van der Waals surface area contributed by atoms with Crippen molar-refractivity contribution in [3.05, 3.63) is 78.0 Å². The lowest BCUT2D eigenvalue weighted by Crippen LogP contribution is -2.36. The lowest BCUT2D eigenvalue weighted by atomic mass is 10.0. The molecule has 0 saturated carbocycles. The smallest absolute Gasteiger partial charge is 0.259 e. The molecule has 0 bridgehead atoms. The molecular formula is C26H30N4O3S. The van der Waals surface area contributed by atoms with E-state index < -0.39 is 10.0 Å². The van der Waals surface area contributed by atoms with Crippen molar-refractivity contribution in [1.29, 1.82) is 0 Å². The number of carbonyl (C=O) groups is 1. The van der Waals surface area contributed by atoms with Crippen LogP contribution >= 0.6 is 0 Å². The lowest BCUT2D eigenvalue weighted by molar-refractivity contribution is 0.0984. The summed E-state index contributed by atoms with van der Waals surface area (Å²) >= 11 is 0. The Morgan fingerprint density at radius 1 is 1.03 bits per heavy atom. The first-order valence-electron chi connectivity index (χ1n) is 11.6. The minimum absolute atomic E-state index is 0.137. The third-order valence-electron chi connectivity index (χ3n) is 6.24. The average Bonchev–Trinajstić information content (AvgIpc) is 2.88. The highest BCUT2D eigenvalue weighted by molar-refractivity contribution is 7.89. The predicted octanol–water partition coefficient (Wildman–Crippen LogP) is 4.47. The zero-order valence-electron chi connectivity index (χ0n) is 19.8. The van der Waals surface area contributed by atoms with Crippen LogP contribution in [0.5, 0.6) is 0 Å². The Labute approximate surface area is 201 Å². The van der Waals surface area contributed by atoms with Crippen LogP contribution in [0.25, 0.3) is 0 Å². The molecular weight excluding hydrogens is 448 g/mol. The molecule has 0 unspecified atom stereocenters. The van der Waals surface area contributed by atoms with E-state index in [1.165, 1.54) is 4.31 Å². The number of carbonyl (C=O) groups excluding carboxylic acids is 1. The minimum Gasteiger partial charge on any atom is -0.329 e. The first-order chi connectivity index (χ1) is 16.4. The number of aromatic nitrogens is 1. The van der Waals surface area contributed by atoms with Crippen LogP contribution in [0.3, 0.4) is 0 Å². The Bertz CT molecular complexity index is 1260. The summed E-state index contributed by atoms with van der Waals surface area (Å²) in [6.07, 6.45) is 3.11. The van der Waals surface area contributed by atoms with Gasteiger partial charge in [0.15, 0.2) is 0 Å². The fraction of sp³-hybridized carbons (Fsp3) is 0.308. The van der Waals surface area contributed by atoms with Crippen LogP contribution in [0.4, 0.5) is 17.2 Å². The third kappa shape index (κ3) is 4.56. The van der Waals surface area contributed by atoms with Gasteiger partial charge in [-0.1, -0.05) is 32.0 Å². The van der Waals surface area contributed by atoms with Crippen molar-refractivity contribution >= 4 is 33.1 Å². The zero-order valence-corrected chi connectivity index (χ0v) is 20.6. The predicted molar refractivity (Wildman–Crippen MR) is 135 cm³/mol. The number of nitrogens with zero attached hydrogens (tertiary/aromatic N) is 4. The second-order valence-electron chi connectivity index (χ2n) is 8.24. The van der Waals surface area contributed by atoms with Gasteiger partial charge in [-0.2, -0.15) is 4.31 Å². The van der Waals surface area contributed by atoms with E-state index in [-0.39, 0.29) is 10.8 Å². The van der Waals surface area contributed by atoms with E-state index in [9.17, 15) is 13.2 Å². The first kappa shape index (κ1) is 23.9. The first-order valence-corrected chi connectivity index (χ1v) is 13.0. The number of pyridine rings is 1. The molecule has 3 aromatic rings. The standard InChI is InChI=1S/C26H30N4O3S/c1-4-29(5-2)34(32,33)23-14-15-24-20(18-23)10-9-17-30(24)26(31)21-13-16-25(27-19-21)28(3)22-11-7-6-8-12-22/h6-8,11-16,18-19H,4-5,9-10,17H2,1-3H3. The molecule has 1 aromatic heterocycles. The zero-order chi connectivity index (χ0) is 24.3. The molecule has 1 amide bonds. The molecule has 7 nitrogen and oxygen atoms in total. The average molecular weight is 479 g/mol. The van der Waals surface area contributed by atoms with Crippen LogP contribution in [0, 0.1) is 0 Å². The van der Waals surface area contributed by atoms with Gasteiger partial charge in [0.25, 0.3) is 5.91 Å². The Hall–Kier alpha value is -3.23. The van der Waals surface area contributed by atoms with Crippen LogP contribution in [0.15, 0.2) is 71.8 Å². The van der Waals surface area contributed by atoms with E-state index >= 15 is 0 Å². The van der Waals surface area contributed by atoms with Crippen molar-refractivity contribution in [1.82, 2.24) is 9.29 Å². The minimum atomic E-state index is -3.55. The third-order valence-corrected chi connectivity index (χ3v) is 8.29. The number of hydrogen-bond donors (Lipinski definition) is 0. The summed E-state index contributed by atoms with van der Waals surface area (Å²) in [5, 5.41) is 0. The van der Waals surface area contributed by atoms with Crippen molar-refractivity contribution in [2.75, 3.05) is 36.5 Å². The maximum Gasteiger partial charge on any atom is 0.259 e. The number of fused-ring (bicyclic) bond motifs is 1. The Balaban J connectivity index is 1.58. The fourth-order valence-electron chi connectivity index (χ4n) is 4.31. The molecule has 4 rings (SSSR count). The quantitative estimate of drug-likeness (QED) is 0.501. The molecule has 1 aliphatic heterocycles. The molecule has 2 heterocycles. The van der Waals surface area contributed by atoms with Crippen molar-refractivity contribution in [2.45, 2.75) is 31.6 Å². The highest BCUT2D eigenvalue weighted by Crippen LogP contribution is 2.32. The van der Waals surface area contributed by atoms with Gasteiger partial charge < -0.3 is 9.80 Å². The van der Waals surface area contributed by atoms with Gasteiger partial charge >= 0.3 is 0 Å². The van der Waals surface area contributed by atoms with E-state index in [0.717, 1.165) is 35.6 Å². The Morgan fingerprint density at radius 2 is 1.76 bits per heavy atom. The number of aryl methyl sites for hydroxylation is 1. The summed E-state index contributed by atoms with van der Waals surface area (Å²) in [5.74, 6) is 0.606. The largest absolute Gasteiger partial charge is 0.329 e. The molecule has 0 fully saturated rings. The SMILES string of the molecule is CCN(CC)S(=O)(=O)c1ccc2c(c1)CCCN2C(=O)c1ccc(N(C)c2ccccc2)nc1. The van der Waals surface area contributed by atoms with E-state index in [2.05, 4.69) is 4.98 Å².